The van der Waals surface area contributed by atoms with Crippen LogP contribution in [0.25, 0.3) is 10.9 Å². The maximum atomic E-state index is 13.7. The number of aromatic hydroxyl groups is 1. The van der Waals surface area contributed by atoms with E-state index in [4.69, 9.17) is 0 Å². The molecule has 0 spiro atoms. The van der Waals surface area contributed by atoms with E-state index in [1.54, 1.807) is 12.3 Å². The molecule has 0 bridgehead atoms. The van der Waals surface area contributed by atoms with Crippen LogP contribution in [0.4, 0.5) is 10.1 Å². The zero-order chi connectivity index (χ0) is 14.1. The van der Waals surface area contributed by atoms with E-state index >= 15 is 0 Å². The van der Waals surface area contributed by atoms with Gasteiger partial charge in [-0.3, -0.25) is 5.10 Å². The summed E-state index contributed by atoms with van der Waals surface area (Å²) in [6.45, 7) is 0.322. The molecule has 0 amide bonds. The lowest BCUT2D eigenvalue weighted by atomic mass is 10.1. The van der Waals surface area contributed by atoms with Crippen LogP contribution in [0, 0.1) is 5.82 Å². The molecule has 20 heavy (non-hydrogen) atoms. The Bertz CT molecular complexity index is 772. The Morgan fingerprint density at radius 3 is 2.95 bits per heavy atom. The smallest absolute Gasteiger partial charge is 0.131 e. The Morgan fingerprint density at radius 1 is 1.30 bits per heavy atom. The van der Waals surface area contributed by atoms with Crippen molar-refractivity contribution in [2.45, 2.75) is 6.54 Å². The third kappa shape index (κ3) is 2.46. The number of phenolic OH excluding ortho intramolecular Hbond substituents is 1. The molecular formula is C14H11BrFN3O. The topological polar surface area (TPSA) is 60.9 Å². The summed E-state index contributed by atoms with van der Waals surface area (Å²) < 4.78 is 14.6. The molecule has 0 aliphatic carbocycles. The number of H-pyrrole nitrogens is 1. The van der Waals surface area contributed by atoms with Crippen LogP contribution in [0.5, 0.6) is 5.75 Å². The average Bonchev–Trinajstić information content (AvgIpc) is 2.85. The number of fused-ring (bicyclic) bond motifs is 1. The van der Waals surface area contributed by atoms with Gasteiger partial charge in [0.2, 0.25) is 0 Å². The molecule has 3 rings (SSSR count). The Hall–Kier alpha value is -2.08. The highest BCUT2D eigenvalue weighted by atomic mass is 79.9. The Kier molecular flexibility index (Phi) is 3.31. The number of anilines is 1. The number of nitrogens with one attached hydrogen (secondary N) is 2. The van der Waals surface area contributed by atoms with E-state index in [1.807, 2.05) is 12.1 Å². The van der Waals surface area contributed by atoms with Gasteiger partial charge in [-0.2, -0.15) is 5.10 Å². The predicted molar refractivity (Wildman–Crippen MR) is 79.2 cm³/mol. The van der Waals surface area contributed by atoms with Crippen LogP contribution in [0.15, 0.2) is 41.0 Å². The second-order valence-electron chi connectivity index (χ2n) is 4.41. The highest BCUT2D eigenvalue weighted by molar-refractivity contribution is 9.10. The maximum Gasteiger partial charge on any atom is 0.131 e. The summed E-state index contributed by atoms with van der Waals surface area (Å²) in [7, 11) is 0. The number of hydrogen-bond acceptors (Lipinski definition) is 3. The Labute approximate surface area is 122 Å². The SMILES string of the molecule is Oc1ccc(CNc2cc(Br)cc3[nH]ncc23)c(F)c1. The second kappa shape index (κ2) is 5.13. The Morgan fingerprint density at radius 2 is 2.15 bits per heavy atom. The summed E-state index contributed by atoms with van der Waals surface area (Å²) in [5.41, 5.74) is 2.24. The van der Waals surface area contributed by atoms with E-state index in [2.05, 4.69) is 31.4 Å². The molecule has 102 valence electrons. The third-order valence-corrected chi connectivity index (χ3v) is 3.49. The molecule has 4 nitrogen and oxygen atoms in total. The van der Waals surface area contributed by atoms with Crippen molar-refractivity contribution >= 4 is 32.5 Å². The number of aromatic amines is 1. The molecule has 0 saturated heterocycles. The largest absolute Gasteiger partial charge is 0.508 e. The van der Waals surface area contributed by atoms with E-state index in [0.717, 1.165) is 27.1 Å². The van der Waals surface area contributed by atoms with E-state index in [-0.39, 0.29) is 5.75 Å². The lowest BCUT2D eigenvalue weighted by molar-refractivity contribution is 0.468. The van der Waals surface area contributed by atoms with Crippen LogP contribution in [-0.4, -0.2) is 15.3 Å². The first-order valence-electron chi connectivity index (χ1n) is 5.97. The lowest BCUT2D eigenvalue weighted by Gasteiger charge is -2.09. The van der Waals surface area contributed by atoms with Crippen LogP contribution >= 0.6 is 15.9 Å². The van der Waals surface area contributed by atoms with Crippen molar-refractivity contribution in [2.75, 3.05) is 5.32 Å². The van der Waals surface area contributed by atoms with Crippen molar-refractivity contribution in [2.24, 2.45) is 0 Å². The second-order valence-corrected chi connectivity index (χ2v) is 5.33. The molecule has 3 aromatic rings. The number of rotatable bonds is 3. The first-order valence-corrected chi connectivity index (χ1v) is 6.76. The van der Waals surface area contributed by atoms with Crippen LogP contribution in [-0.2, 0) is 6.54 Å². The van der Waals surface area contributed by atoms with Gasteiger partial charge in [0.05, 0.1) is 11.7 Å². The van der Waals surface area contributed by atoms with Gasteiger partial charge in [-0.15, -0.1) is 0 Å². The first kappa shape index (κ1) is 12.9. The van der Waals surface area contributed by atoms with E-state index in [9.17, 15) is 9.50 Å². The number of nitrogens with zero attached hydrogens (tertiary/aromatic N) is 1. The lowest BCUT2D eigenvalue weighted by Crippen LogP contribution is -2.02. The van der Waals surface area contributed by atoms with Crippen molar-refractivity contribution in [3.05, 3.63) is 52.4 Å². The van der Waals surface area contributed by atoms with Crippen molar-refractivity contribution in [3.8, 4) is 5.75 Å². The van der Waals surface area contributed by atoms with Crippen LogP contribution in [0.2, 0.25) is 0 Å². The quantitative estimate of drug-likeness (QED) is 0.682. The molecule has 1 aromatic heterocycles. The summed E-state index contributed by atoms with van der Waals surface area (Å²) in [4.78, 5) is 0. The molecule has 6 heteroatoms. The molecule has 0 atom stereocenters. The van der Waals surface area contributed by atoms with Gasteiger partial charge in [-0.1, -0.05) is 22.0 Å². The fraction of sp³-hybridized carbons (Fsp3) is 0.0714. The number of aromatic nitrogens is 2. The molecule has 0 aliphatic heterocycles. The molecule has 0 radical (unpaired) electrons. The van der Waals surface area contributed by atoms with Crippen molar-refractivity contribution < 1.29 is 9.50 Å². The summed E-state index contributed by atoms with van der Waals surface area (Å²) >= 11 is 3.42. The zero-order valence-electron chi connectivity index (χ0n) is 10.3. The molecule has 2 aromatic carbocycles. The van der Waals surface area contributed by atoms with Crippen LogP contribution < -0.4 is 5.32 Å². The van der Waals surface area contributed by atoms with E-state index < -0.39 is 5.82 Å². The van der Waals surface area contributed by atoms with Gasteiger partial charge in [0.25, 0.3) is 0 Å². The van der Waals surface area contributed by atoms with Crippen LogP contribution in [0.1, 0.15) is 5.56 Å². The highest BCUT2D eigenvalue weighted by Gasteiger charge is 2.07. The van der Waals surface area contributed by atoms with Gasteiger partial charge in [0, 0.05) is 33.7 Å². The van der Waals surface area contributed by atoms with Gasteiger partial charge in [-0.25, -0.2) is 4.39 Å². The van der Waals surface area contributed by atoms with Crippen molar-refractivity contribution in [1.29, 1.82) is 0 Å². The molecule has 0 unspecified atom stereocenters. The monoisotopic (exact) mass is 335 g/mol. The van der Waals surface area contributed by atoms with Crippen molar-refractivity contribution in [1.82, 2.24) is 10.2 Å². The van der Waals surface area contributed by atoms with Crippen molar-refractivity contribution in [3.63, 3.8) is 0 Å². The predicted octanol–water partition coefficient (Wildman–Crippen LogP) is 3.78. The Balaban J connectivity index is 1.88. The standard InChI is InChI=1S/C14H11BrFN3O/c15-9-3-13(11-7-18-19-14(11)4-9)17-6-8-1-2-10(20)5-12(8)16/h1-5,7,17,20H,6H2,(H,18,19). The molecule has 0 aliphatic rings. The summed E-state index contributed by atoms with van der Waals surface area (Å²) in [5, 5.41) is 20.2. The van der Waals surface area contributed by atoms with Gasteiger partial charge in [-0.05, 0) is 18.2 Å². The minimum Gasteiger partial charge on any atom is -0.508 e. The van der Waals surface area contributed by atoms with Gasteiger partial charge in [0.15, 0.2) is 0 Å². The maximum absolute atomic E-state index is 13.7. The van der Waals surface area contributed by atoms with Gasteiger partial charge < -0.3 is 10.4 Å². The van der Waals surface area contributed by atoms with Gasteiger partial charge >= 0.3 is 0 Å². The number of phenols is 1. The first-order chi connectivity index (χ1) is 9.63. The van der Waals surface area contributed by atoms with Crippen LogP contribution in [0.3, 0.4) is 0 Å². The third-order valence-electron chi connectivity index (χ3n) is 3.03. The summed E-state index contributed by atoms with van der Waals surface area (Å²) in [6.07, 6.45) is 1.72. The van der Waals surface area contributed by atoms with E-state index in [1.165, 1.54) is 6.07 Å². The summed E-state index contributed by atoms with van der Waals surface area (Å²) in [5.74, 6) is -0.512. The fourth-order valence-corrected chi connectivity index (χ4v) is 2.49. The normalized spacial score (nSPS) is 10.9. The van der Waals surface area contributed by atoms with E-state index in [0.29, 0.717) is 12.1 Å². The highest BCUT2D eigenvalue weighted by Crippen LogP contribution is 2.27. The van der Waals surface area contributed by atoms with Gasteiger partial charge in [0.1, 0.15) is 11.6 Å². The minimum absolute atomic E-state index is 0.0778. The molecule has 0 fully saturated rings. The molecule has 0 saturated carbocycles. The number of hydrogen-bond donors (Lipinski definition) is 3. The molecule has 1 heterocycles. The average molecular weight is 336 g/mol. The summed E-state index contributed by atoms with van der Waals surface area (Å²) in [6, 6.07) is 7.97. The number of benzene rings is 2. The zero-order valence-corrected chi connectivity index (χ0v) is 11.9. The fourth-order valence-electron chi connectivity index (χ4n) is 2.03. The number of halogens is 2. The molecular weight excluding hydrogens is 325 g/mol. The molecule has 3 N–H and O–H groups in total. The minimum atomic E-state index is -0.434.